The maximum atomic E-state index is 14.3. The first-order valence-electron chi connectivity index (χ1n) is 8.05. The number of benzene rings is 1. The van der Waals surface area contributed by atoms with Gasteiger partial charge in [-0.3, -0.25) is 4.79 Å². The first kappa shape index (κ1) is 17.7. The van der Waals surface area contributed by atoms with Gasteiger partial charge < -0.3 is 25.5 Å². The van der Waals surface area contributed by atoms with Crippen LogP contribution >= 0.6 is 0 Å². The molecule has 2 heterocycles. The molecule has 0 spiro atoms. The molecule has 0 aliphatic carbocycles. The van der Waals surface area contributed by atoms with Gasteiger partial charge in [0.2, 0.25) is 0 Å². The van der Waals surface area contributed by atoms with Crippen molar-refractivity contribution in [2.75, 3.05) is 7.05 Å². The molecule has 5 N–H and O–H groups in total. The van der Waals surface area contributed by atoms with E-state index in [1.54, 1.807) is 32.2 Å². The molecule has 3 rings (SSSR count). The Balaban J connectivity index is 2.23. The molecule has 136 valence electrons. The van der Waals surface area contributed by atoms with Crippen LogP contribution in [-0.4, -0.2) is 33.2 Å². The number of halogens is 1. The van der Waals surface area contributed by atoms with Crippen molar-refractivity contribution in [3.63, 3.8) is 0 Å². The van der Waals surface area contributed by atoms with Crippen LogP contribution in [0, 0.1) is 5.82 Å². The van der Waals surface area contributed by atoms with Gasteiger partial charge in [0.05, 0.1) is 11.4 Å². The largest absolute Gasteiger partial charge is 0.506 e. The Hall–Kier alpha value is -3.13. The predicted octanol–water partition coefficient (Wildman–Crippen LogP) is 2.35. The van der Waals surface area contributed by atoms with Crippen molar-refractivity contribution in [3.8, 4) is 17.0 Å². The molecule has 2 aromatic heterocycles. The van der Waals surface area contributed by atoms with Crippen LogP contribution in [-0.2, 0) is 13.0 Å². The van der Waals surface area contributed by atoms with E-state index in [0.29, 0.717) is 46.4 Å². The molecule has 7 nitrogen and oxygen atoms in total. The van der Waals surface area contributed by atoms with Gasteiger partial charge in [-0.25, -0.2) is 9.18 Å². The zero-order valence-corrected chi connectivity index (χ0v) is 14.2. The van der Waals surface area contributed by atoms with Gasteiger partial charge in [-0.2, -0.15) is 0 Å². The molecule has 8 heteroatoms. The Morgan fingerprint density at radius 2 is 2.04 bits per heavy atom. The van der Waals surface area contributed by atoms with Crippen LogP contribution in [0.2, 0.25) is 0 Å². The first-order valence-corrected chi connectivity index (χ1v) is 8.05. The summed E-state index contributed by atoms with van der Waals surface area (Å²) >= 11 is 0. The fourth-order valence-electron chi connectivity index (χ4n) is 3.09. The molecule has 0 bridgehead atoms. The van der Waals surface area contributed by atoms with Gasteiger partial charge in [0.15, 0.2) is 11.4 Å². The lowest BCUT2D eigenvalue weighted by Gasteiger charge is -2.12. The average Bonchev–Trinajstić information content (AvgIpc) is 2.90. The van der Waals surface area contributed by atoms with Crippen molar-refractivity contribution < 1.29 is 19.4 Å². The van der Waals surface area contributed by atoms with E-state index in [0.717, 1.165) is 0 Å². The lowest BCUT2D eigenvalue weighted by molar-refractivity contribution is 0.0691. The van der Waals surface area contributed by atoms with E-state index in [9.17, 15) is 19.1 Å². The Kier molecular flexibility index (Phi) is 4.52. The maximum absolute atomic E-state index is 14.3. The van der Waals surface area contributed by atoms with Crippen molar-refractivity contribution in [1.82, 2.24) is 15.3 Å². The van der Waals surface area contributed by atoms with E-state index in [1.165, 1.54) is 0 Å². The van der Waals surface area contributed by atoms with E-state index < -0.39 is 22.8 Å². The molecular weight excluding hydrogens is 341 g/mol. The van der Waals surface area contributed by atoms with E-state index >= 15 is 0 Å². The number of rotatable bonds is 5. The third-order valence-electron chi connectivity index (χ3n) is 4.31. The molecule has 0 amide bonds. The highest BCUT2D eigenvalue weighted by molar-refractivity contribution is 5.92. The standard InChI is InChI=1S/C18H18FN3O4/c1-3-9-15(22-17(24)13(16(9)23)18(25)26)8-4-5-10-11(6-8)21-12(7-20-2)14(10)19/h4-6,20-21H,3,7H2,1-2H3,(H,25,26)(H2,22,23,24). The summed E-state index contributed by atoms with van der Waals surface area (Å²) in [6.45, 7) is 2.07. The second-order valence-corrected chi connectivity index (χ2v) is 5.90. The number of aromatic nitrogens is 2. The van der Waals surface area contributed by atoms with Gasteiger partial charge in [0.1, 0.15) is 5.75 Å². The monoisotopic (exact) mass is 359 g/mol. The highest BCUT2D eigenvalue weighted by atomic mass is 19.1. The number of nitrogens with one attached hydrogen (secondary N) is 3. The Morgan fingerprint density at radius 3 is 2.65 bits per heavy atom. The minimum Gasteiger partial charge on any atom is -0.506 e. The van der Waals surface area contributed by atoms with Crippen LogP contribution < -0.4 is 10.9 Å². The summed E-state index contributed by atoms with van der Waals surface area (Å²) in [6.07, 6.45) is 0.306. The molecule has 0 atom stereocenters. The highest BCUT2D eigenvalue weighted by Gasteiger charge is 2.22. The topological polar surface area (TPSA) is 118 Å². The number of hydrogen-bond donors (Lipinski definition) is 5. The lowest BCUT2D eigenvalue weighted by Crippen LogP contribution is -2.20. The molecule has 0 radical (unpaired) electrons. The summed E-state index contributed by atoms with van der Waals surface area (Å²) in [5.41, 5.74) is 0.527. The quantitative estimate of drug-likeness (QED) is 0.479. The van der Waals surface area contributed by atoms with Crippen LogP contribution in [0.15, 0.2) is 23.0 Å². The molecule has 0 aliphatic heterocycles. The molecule has 0 fully saturated rings. The molecule has 1 aromatic carbocycles. The number of hydrogen-bond acceptors (Lipinski definition) is 4. The minimum absolute atomic E-state index is 0.306. The molecule has 26 heavy (non-hydrogen) atoms. The van der Waals surface area contributed by atoms with E-state index in [4.69, 9.17) is 5.11 Å². The van der Waals surface area contributed by atoms with Gasteiger partial charge in [0.25, 0.3) is 5.56 Å². The van der Waals surface area contributed by atoms with Gasteiger partial charge in [-0.15, -0.1) is 0 Å². The molecule has 0 saturated carbocycles. The first-order chi connectivity index (χ1) is 12.4. The molecule has 3 aromatic rings. The number of carboxylic acid groups (broad SMARTS) is 1. The third-order valence-corrected chi connectivity index (χ3v) is 4.31. The number of H-pyrrole nitrogens is 2. The number of carboxylic acids is 1. The summed E-state index contributed by atoms with van der Waals surface area (Å²) in [4.78, 5) is 28.8. The Labute approximate surface area is 147 Å². The van der Waals surface area contributed by atoms with Crippen molar-refractivity contribution >= 4 is 16.9 Å². The summed E-state index contributed by atoms with van der Waals surface area (Å²) in [5.74, 6) is -2.40. The van der Waals surface area contributed by atoms with E-state index in [2.05, 4.69) is 15.3 Å². The fraction of sp³-hybridized carbons (Fsp3) is 0.222. The van der Waals surface area contributed by atoms with E-state index in [-0.39, 0.29) is 5.82 Å². The van der Waals surface area contributed by atoms with Gasteiger partial charge in [-0.05, 0) is 25.6 Å². The van der Waals surface area contributed by atoms with Crippen molar-refractivity contribution in [3.05, 3.63) is 51.2 Å². The van der Waals surface area contributed by atoms with Crippen LogP contribution in [0.25, 0.3) is 22.2 Å². The van der Waals surface area contributed by atoms with Crippen molar-refractivity contribution in [2.24, 2.45) is 0 Å². The van der Waals surface area contributed by atoms with E-state index in [1.807, 2.05) is 0 Å². The molecule has 0 saturated heterocycles. The average molecular weight is 359 g/mol. The van der Waals surface area contributed by atoms with Crippen LogP contribution in [0.4, 0.5) is 4.39 Å². The van der Waals surface area contributed by atoms with Crippen molar-refractivity contribution in [2.45, 2.75) is 19.9 Å². The summed E-state index contributed by atoms with van der Waals surface area (Å²) < 4.78 is 14.3. The number of carbonyl (C=O) groups is 1. The normalized spacial score (nSPS) is 11.2. The highest BCUT2D eigenvalue weighted by Crippen LogP contribution is 2.32. The molecule has 0 aliphatic rings. The molecular formula is C18H18FN3O4. The number of pyridine rings is 1. The fourth-order valence-corrected chi connectivity index (χ4v) is 3.09. The summed E-state index contributed by atoms with van der Waals surface area (Å²) in [7, 11) is 1.71. The Bertz CT molecular complexity index is 1070. The lowest BCUT2D eigenvalue weighted by atomic mass is 10.00. The SMILES string of the molecule is CCc1c(-c2ccc3c(F)c(CNC)[nH]c3c2)[nH]c(=O)c(C(=O)O)c1O. The second kappa shape index (κ2) is 6.64. The molecule has 0 unspecified atom stereocenters. The van der Waals surface area contributed by atoms with Crippen LogP contribution in [0.3, 0.4) is 0 Å². The van der Waals surface area contributed by atoms with Crippen LogP contribution in [0.1, 0.15) is 28.5 Å². The minimum atomic E-state index is -1.50. The number of aromatic carboxylic acids is 1. The smallest absolute Gasteiger partial charge is 0.345 e. The van der Waals surface area contributed by atoms with Crippen molar-refractivity contribution in [1.29, 1.82) is 0 Å². The van der Waals surface area contributed by atoms with Gasteiger partial charge in [0, 0.05) is 28.6 Å². The number of fused-ring (bicyclic) bond motifs is 1. The number of aromatic hydroxyl groups is 1. The van der Waals surface area contributed by atoms with Crippen LogP contribution in [0.5, 0.6) is 5.75 Å². The summed E-state index contributed by atoms with van der Waals surface area (Å²) in [6, 6.07) is 4.85. The Morgan fingerprint density at radius 1 is 1.31 bits per heavy atom. The van der Waals surface area contributed by atoms with Gasteiger partial charge >= 0.3 is 5.97 Å². The third kappa shape index (κ3) is 2.74. The predicted molar refractivity (Wildman–Crippen MR) is 95.1 cm³/mol. The summed E-state index contributed by atoms with van der Waals surface area (Å²) in [5, 5.41) is 22.6. The zero-order valence-electron chi connectivity index (χ0n) is 14.2. The number of aromatic amines is 2. The second-order valence-electron chi connectivity index (χ2n) is 5.90. The maximum Gasteiger partial charge on any atom is 0.345 e. The van der Waals surface area contributed by atoms with Gasteiger partial charge in [-0.1, -0.05) is 13.0 Å². The zero-order chi connectivity index (χ0) is 19.0.